The number of esters is 2. The minimum absolute atomic E-state index is 0.169. The van der Waals surface area contributed by atoms with E-state index in [0.29, 0.717) is 28.1 Å². The number of anilines is 2. The number of ether oxygens (including phenoxy) is 2. The molecule has 3 aromatic carbocycles. The van der Waals surface area contributed by atoms with Crippen LogP contribution in [0.2, 0.25) is 0 Å². The first-order valence-corrected chi connectivity index (χ1v) is 11.6. The number of hydrogen-bond acceptors (Lipinski definition) is 6. The van der Waals surface area contributed by atoms with Gasteiger partial charge in [0.2, 0.25) is 0 Å². The molecule has 0 saturated heterocycles. The van der Waals surface area contributed by atoms with Gasteiger partial charge < -0.3 is 20.1 Å². The molecule has 184 valence electrons. The van der Waals surface area contributed by atoms with Crippen LogP contribution in [-0.4, -0.2) is 30.6 Å². The molecule has 0 spiro atoms. The van der Waals surface area contributed by atoms with Crippen molar-refractivity contribution >= 4 is 40.5 Å². The van der Waals surface area contributed by atoms with Gasteiger partial charge >= 0.3 is 11.9 Å². The zero-order chi connectivity index (χ0) is 25.9. The summed E-state index contributed by atoms with van der Waals surface area (Å²) in [5, 5.41) is 6.24. The van der Waals surface area contributed by atoms with E-state index in [9.17, 15) is 14.4 Å². The lowest BCUT2D eigenvalue weighted by Crippen LogP contribution is -2.24. The lowest BCUT2D eigenvalue weighted by Gasteiger charge is -2.19. The Hall–Kier alpha value is -4.39. The van der Waals surface area contributed by atoms with Gasteiger partial charge in [0, 0.05) is 11.3 Å². The molecule has 0 bridgehead atoms. The Bertz CT molecular complexity index is 1340. The topological polar surface area (TPSA) is 93.7 Å². The highest BCUT2D eigenvalue weighted by Gasteiger charge is 2.29. The van der Waals surface area contributed by atoms with Crippen LogP contribution in [0.3, 0.4) is 0 Å². The summed E-state index contributed by atoms with van der Waals surface area (Å²) in [4.78, 5) is 37.2. The molecule has 0 radical (unpaired) electrons. The zero-order valence-electron chi connectivity index (χ0n) is 20.7. The molecule has 0 fully saturated rings. The van der Waals surface area contributed by atoms with Crippen LogP contribution in [0, 0.1) is 0 Å². The molecule has 0 unspecified atom stereocenters. The van der Waals surface area contributed by atoms with Crippen LogP contribution in [0.5, 0.6) is 0 Å². The van der Waals surface area contributed by atoms with Crippen molar-refractivity contribution in [2.45, 2.75) is 32.8 Å². The van der Waals surface area contributed by atoms with Crippen LogP contribution >= 0.6 is 0 Å². The summed E-state index contributed by atoms with van der Waals surface area (Å²) in [6.07, 6.45) is 0.169. The number of hydrogen-bond donors (Lipinski definition) is 2. The van der Waals surface area contributed by atoms with Crippen molar-refractivity contribution in [2.75, 3.05) is 17.7 Å². The van der Waals surface area contributed by atoms with Crippen molar-refractivity contribution in [3.63, 3.8) is 0 Å². The largest absolute Gasteiger partial charge is 0.465 e. The Labute approximate surface area is 210 Å². The molecule has 36 heavy (non-hydrogen) atoms. The molecule has 1 heterocycles. The highest BCUT2D eigenvalue weighted by Crippen LogP contribution is 2.38. The highest BCUT2D eigenvalue weighted by atomic mass is 16.6. The summed E-state index contributed by atoms with van der Waals surface area (Å²) in [5.74, 6) is -1.04. The summed E-state index contributed by atoms with van der Waals surface area (Å²) in [5.41, 5.74) is 4.53. The third-order valence-electron chi connectivity index (χ3n) is 5.49. The van der Waals surface area contributed by atoms with Crippen molar-refractivity contribution in [3.8, 4) is 0 Å². The van der Waals surface area contributed by atoms with Crippen LogP contribution in [0.25, 0.3) is 11.3 Å². The second kappa shape index (κ2) is 10.1. The zero-order valence-corrected chi connectivity index (χ0v) is 20.7. The number of rotatable bonds is 6. The normalized spacial score (nSPS) is 13.9. The smallest absolute Gasteiger partial charge is 0.337 e. The summed E-state index contributed by atoms with van der Waals surface area (Å²) >= 11 is 0. The molecular formula is C29H28N2O5. The van der Waals surface area contributed by atoms with Gasteiger partial charge in [0.1, 0.15) is 5.60 Å². The van der Waals surface area contributed by atoms with Gasteiger partial charge in [0.05, 0.1) is 36.1 Å². The maximum absolute atomic E-state index is 13.1. The van der Waals surface area contributed by atoms with Crippen molar-refractivity contribution in [3.05, 3.63) is 95.1 Å². The molecule has 7 nitrogen and oxygen atoms in total. The lowest BCUT2D eigenvalue weighted by molar-refractivity contribution is -0.153. The molecule has 0 atom stereocenters. The van der Waals surface area contributed by atoms with Crippen LogP contribution in [0.15, 0.2) is 72.8 Å². The maximum atomic E-state index is 13.1. The molecule has 7 heteroatoms. The van der Waals surface area contributed by atoms with E-state index < -0.39 is 11.6 Å². The van der Waals surface area contributed by atoms with Gasteiger partial charge in [0.15, 0.2) is 0 Å². The molecule has 4 rings (SSSR count). The van der Waals surface area contributed by atoms with E-state index in [-0.39, 0.29) is 18.3 Å². The van der Waals surface area contributed by atoms with Crippen molar-refractivity contribution in [1.29, 1.82) is 0 Å². The Morgan fingerprint density at radius 2 is 1.61 bits per heavy atom. The maximum Gasteiger partial charge on any atom is 0.337 e. The third-order valence-corrected chi connectivity index (χ3v) is 5.49. The first-order valence-electron chi connectivity index (χ1n) is 11.6. The van der Waals surface area contributed by atoms with Crippen LogP contribution in [-0.2, 0) is 25.5 Å². The van der Waals surface area contributed by atoms with Gasteiger partial charge in [-0.3, -0.25) is 9.59 Å². The van der Waals surface area contributed by atoms with Crippen molar-refractivity contribution in [1.82, 2.24) is 0 Å². The SMILES string of the molecule is COC(=O)c1ccc2c(c1)NC(=O)/C2=C(\Nc1ccc(CC(=O)OC(C)(C)C)cc1)c1ccccc1. The number of benzene rings is 3. The first kappa shape index (κ1) is 24.7. The highest BCUT2D eigenvalue weighted by molar-refractivity contribution is 6.37. The van der Waals surface area contributed by atoms with E-state index in [1.165, 1.54) is 7.11 Å². The Morgan fingerprint density at radius 1 is 0.917 bits per heavy atom. The van der Waals surface area contributed by atoms with Gasteiger partial charge in [-0.05, 0) is 56.2 Å². The molecule has 3 aromatic rings. The van der Waals surface area contributed by atoms with Crippen LogP contribution < -0.4 is 10.6 Å². The third kappa shape index (κ3) is 5.63. The van der Waals surface area contributed by atoms with E-state index in [0.717, 1.165) is 16.8 Å². The average molecular weight is 485 g/mol. The van der Waals surface area contributed by atoms with E-state index >= 15 is 0 Å². The van der Waals surface area contributed by atoms with E-state index in [1.54, 1.807) is 18.2 Å². The molecule has 2 N–H and O–H groups in total. The number of amides is 1. The Morgan fingerprint density at radius 3 is 2.25 bits per heavy atom. The minimum atomic E-state index is -0.537. The number of methoxy groups -OCH3 is 1. The van der Waals surface area contributed by atoms with Crippen molar-refractivity contribution in [2.24, 2.45) is 0 Å². The van der Waals surface area contributed by atoms with Crippen LogP contribution in [0.1, 0.15) is 47.8 Å². The molecule has 0 aliphatic carbocycles. The monoisotopic (exact) mass is 484 g/mol. The quantitative estimate of drug-likeness (QED) is 0.365. The van der Waals surface area contributed by atoms with E-state index in [4.69, 9.17) is 9.47 Å². The van der Waals surface area contributed by atoms with Crippen molar-refractivity contribution < 1.29 is 23.9 Å². The average Bonchev–Trinajstić information content (AvgIpc) is 3.17. The van der Waals surface area contributed by atoms with Gasteiger partial charge in [-0.25, -0.2) is 4.79 Å². The number of carbonyl (C=O) groups excluding carboxylic acids is 3. The fraction of sp³-hybridized carbons (Fsp3) is 0.207. The number of carbonyl (C=O) groups is 3. The lowest BCUT2D eigenvalue weighted by atomic mass is 9.99. The van der Waals surface area contributed by atoms with Gasteiger partial charge in [-0.15, -0.1) is 0 Å². The Kier molecular flexibility index (Phi) is 6.92. The molecule has 1 aliphatic rings. The van der Waals surface area contributed by atoms with Crippen LogP contribution in [0.4, 0.5) is 11.4 Å². The Balaban J connectivity index is 1.67. The summed E-state index contributed by atoms with van der Waals surface area (Å²) in [6, 6.07) is 21.9. The molecule has 0 aromatic heterocycles. The molecular weight excluding hydrogens is 456 g/mol. The minimum Gasteiger partial charge on any atom is -0.465 e. The second-order valence-corrected chi connectivity index (χ2v) is 9.41. The summed E-state index contributed by atoms with van der Waals surface area (Å²) < 4.78 is 10.2. The fourth-order valence-corrected chi connectivity index (χ4v) is 3.94. The van der Waals surface area contributed by atoms with Gasteiger partial charge in [0.25, 0.3) is 5.91 Å². The number of nitrogens with one attached hydrogen (secondary N) is 2. The van der Waals surface area contributed by atoms with E-state index in [1.807, 2.05) is 75.4 Å². The summed E-state index contributed by atoms with van der Waals surface area (Å²) in [6.45, 7) is 5.51. The van der Waals surface area contributed by atoms with Gasteiger partial charge in [-0.1, -0.05) is 48.5 Å². The molecule has 1 aliphatic heterocycles. The van der Waals surface area contributed by atoms with E-state index in [2.05, 4.69) is 10.6 Å². The standard InChI is InChI=1S/C29H28N2O5/c1-29(2,3)36-24(32)16-18-10-13-21(14-11-18)30-26(19-8-6-5-7-9-19)25-22-15-12-20(28(34)35-4)17-23(22)31-27(25)33/h5-15,17,30H,16H2,1-4H3,(H,31,33)/b26-25-. The fourth-order valence-electron chi connectivity index (χ4n) is 3.94. The number of fused-ring (bicyclic) bond motifs is 1. The van der Waals surface area contributed by atoms with Gasteiger partial charge in [-0.2, -0.15) is 0 Å². The summed E-state index contributed by atoms with van der Waals surface area (Å²) in [7, 11) is 1.32. The molecule has 1 amide bonds. The predicted octanol–water partition coefficient (Wildman–Crippen LogP) is 5.29. The predicted molar refractivity (Wildman–Crippen MR) is 139 cm³/mol. The second-order valence-electron chi connectivity index (χ2n) is 9.41. The molecule has 0 saturated carbocycles. The first-order chi connectivity index (χ1) is 17.1.